The third-order valence-electron chi connectivity index (χ3n) is 6.02. The number of aromatic nitrogens is 5. The molecule has 0 saturated carbocycles. The van der Waals surface area contributed by atoms with Gasteiger partial charge in [0.15, 0.2) is 5.82 Å². The Hall–Kier alpha value is -3.04. The van der Waals surface area contributed by atoms with Gasteiger partial charge in [0.05, 0.1) is 24.3 Å². The zero-order valence-electron chi connectivity index (χ0n) is 18.0. The summed E-state index contributed by atoms with van der Waals surface area (Å²) < 4.78 is 0. The maximum absolute atomic E-state index is 4.80. The molecule has 2 aliphatic heterocycles. The fourth-order valence-electron chi connectivity index (χ4n) is 4.08. The molecular weight excluding hydrogens is 390 g/mol. The van der Waals surface area contributed by atoms with Crippen molar-refractivity contribution in [3.05, 3.63) is 48.0 Å². The Balaban J connectivity index is 1.34. The van der Waals surface area contributed by atoms with Crippen LogP contribution in [0.3, 0.4) is 0 Å². The second-order valence-electron chi connectivity index (χ2n) is 8.22. The third-order valence-corrected chi connectivity index (χ3v) is 6.02. The summed E-state index contributed by atoms with van der Waals surface area (Å²) in [6.45, 7) is 7.83. The van der Waals surface area contributed by atoms with Crippen LogP contribution in [-0.2, 0) is 13.0 Å². The Morgan fingerprint density at radius 1 is 1.00 bits per heavy atom. The van der Waals surface area contributed by atoms with Crippen LogP contribution in [0.4, 0.5) is 11.9 Å². The van der Waals surface area contributed by atoms with Crippen molar-refractivity contribution in [2.75, 3.05) is 63.1 Å². The van der Waals surface area contributed by atoms with Gasteiger partial charge in [-0.15, -0.1) is 0 Å². The lowest BCUT2D eigenvalue weighted by atomic mass is 10.1. The highest BCUT2D eigenvalue weighted by Gasteiger charge is 2.22. The second kappa shape index (κ2) is 8.99. The minimum absolute atomic E-state index is 0.633. The average molecular weight is 420 g/mol. The van der Waals surface area contributed by atoms with E-state index in [1.54, 1.807) is 6.33 Å². The van der Waals surface area contributed by atoms with E-state index in [0.29, 0.717) is 17.7 Å². The van der Waals surface area contributed by atoms with Gasteiger partial charge in [0.25, 0.3) is 0 Å². The van der Waals surface area contributed by atoms with Crippen molar-refractivity contribution < 1.29 is 0 Å². The SMILES string of the molecule is CN1CCN(CCNc2nc(-c3ccccc3)nc(N3CCc4nc[nH]c4C3)n2)CC1. The summed E-state index contributed by atoms with van der Waals surface area (Å²) in [7, 11) is 2.18. The summed E-state index contributed by atoms with van der Waals surface area (Å²) in [6, 6.07) is 10.1. The molecule has 2 aliphatic rings. The number of piperazine rings is 1. The molecule has 0 bridgehead atoms. The van der Waals surface area contributed by atoms with Crippen LogP contribution in [0.5, 0.6) is 0 Å². The lowest BCUT2D eigenvalue weighted by Gasteiger charge is -2.32. The molecule has 4 heterocycles. The van der Waals surface area contributed by atoms with Crippen molar-refractivity contribution >= 4 is 11.9 Å². The van der Waals surface area contributed by atoms with Gasteiger partial charge in [-0.05, 0) is 7.05 Å². The minimum Gasteiger partial charge on any atom is -0.353 e. The molecule has 31 heavy (non-hydrogen) atoms. The van der Waals surface area contributed by atoms with E-state index in [-0.39, 0.29) is 0 Å². The number of anilines is 2. The summed E-state index contributed by atoms with van der Waals surface area (Å²) in [5.74, 6) is 2.03. The first-order valence-electron chi connectivity index (χ1n) is 11.0. The van der Waals surface area contributed by atoms with Crippen LogP contribution >= 0.6 is 0 Å². The summed E-state index contributed by atoms with van der Waals surface area (Å²) >= 11 is 0. The number of H-pyrrole nitrogens is 1. The fourth-order valence-corrected chi connectivity index (χ4v) is 4.08. The Morgan fingerprint density at radius 2 is 1.84 bits per heavy atom. The molecule has 2 aromatic heterocycles. The predicted octanol–water partition coefficient (Wildman–Crippen LogP) is 1.48. The Labute approximate surface area is 182 Å². The van der Waals surface area contributed by atoms with Crippen molar-refractivity contribution in [1.29, 1.82) is 0 Å². The molecule has 1 fully saturated rings. The topological polar surface area (TPSA) is 89.1 Å². The van der Waals surface area contributed by atoms with Crippen LogP contribution in [0.1, 0.15) is 11.4 Å². The molecule has 5 rings (SSSR count). The molecule has 0 spiro atoms. The summed E-state index contributed by atoms with van der Waals surface area (Å²) in [4.78, 5) is 29.0. The fraction of sp³-hybridized carbons (Fsp3) is 0.455. The normalized spacial score (nSPS) is 17.5. The van der Waals surface area contributed by atoms with Gasteiger partial charge < -0.3 is 20.1 Å². The van der Waals surface area contributed by atoms with Crippen molar-refractivity contribution in [3.8, 4) is 11.4 Å². The molecule has 0 aliphatic carbocycles. The van der Waals surface area contributed by atoms with E-state index in [2.05, 4.69) is 37.0 Å². The molecule has 2 N–H and O–H groups in total. The quantitative estimate of drug-likeness (QED) is 0.621. The number of imidazole rings is 1. The van der Waals surface area contributed by atoms with Crippen LogP contribution in [0.25, 0.3) is 11.4 Å². The monoisotopic (exact) mass is 419 g/mol. The van der Waals surface area contributed by atoms with E-state index in [1.807, 2.05) is 30.3 Å². The number of aromatic amines is 1. The van der Waals surface area contributed by atoms with E-state index >= 15 is 0 Å². The first kappa shape index (κ1) is 19.9. The number of hydrogen-bond acceptors (Lipinski definition) is 8. The van der Waals surface area contributed by atoms with Gasteiger partial charge >= 0.3 is 0 Å². The summed E-state index contributed by atoms with van der Waals surface area (Å²) in [5.41, 5.74) is 3.27. The lowest BCUT2D eigenvalue weighted by molar-refractivity contribution is 0.158. The van der Waals surface area contributed by atoms with Crippen LogP contribution in [0, 0.1) is 0 Å². The van der Waals surface area contributed by atoms with E-state index in [0.717, 1.165) is 75.7 Å². The van der Waals surface area contributed by atoms with Crippen molar-refractivity contribution in [2.24, 2.45) is 0 Å². The van der Waals surface area contributed by atoms with Crippen molar-refractivity contribution in [1.82, 2.24) is 34.7 Å². The molecule has 3 aromatic rings. The Bertz CT molecular complexity index is 995. The van der Waals surface area contributed by atoms with Crippen molar-refractivity contribution in [3.63, 3.8) is 0 Å². The maximum atomic E-state index is 4.80. The van der Waals surface area contributed by atoms with Crippen molar-refractivity contribution in [2.45, 2.75) is 13.0 Å². The number of nitrogens with zero attached hydrogens (tertiary/aromatic N) is 7. The molecule has 1 saturated heterocycles. The van der Waals surface area contributed by atoms with Gasteiger partial charge in [0, 0.05) is 57.8 Å². The highest BCUT2D eigenvalue weighted by Crippen LogP contribution is 2.23. The van der Waals surface area contributed by atoms with E-state index < -0.39 is 0 Å². The third kappa shape index (κ3) is 4.67. The van der Waals surface area contributed by atoms with Gasteiger partial charge in [0.2, 0.25) is 11.9 Å². The highest BCUT2D eigenvalue weighted by atomic mass is 15.3. The van der Waals surface area contributed by atoms with Gasteiger partial charge in [0.1, 0.15) is 0 Å². The average Bonchev–Trinajstić information content (AvgIpc) is 3.29. The van der Waals surface area contributed by atoms with E-state index in [1.165, 1.54) is 0 Å². The Morgan fingerprint density at radius 3 is 2.68 bits per heavy atom. The van der Waals surface area contributed by atoms with Crippen LogP contribution < -0.4 is 10.2 Å². The van der Waals surface area contributed by atoms with E-state index in [9.17, 15) is 0 Å². The smallest absolute Gasteiger partial charge is 0.231 e. The molecule has 9 heteroatoms. The first-order valence-corrected chi connectivity index (χ1v) is 11.0. The number of nitrogens with one attached hydrogen (secondary N) is 2. The van der Waals surface area contributed by atoms with Gasteiger partial charge in [-0.25, -0.2) is 4.98 Å². The molecule has 0 unspecified atom stereocenters. The van der Waals surface area contributed by atoms with Crippen LogP contribution in [0.15, 0.2) is 36.7 Å². The molecule has 9 nitrogen and oxygen atoms in total. The Kier molecular flexibility index (Phi) is 5.77. The summed E-state index contributed by atoms with van der Waals surface area (Å²) in [6.07, 6.45) is 2.65. The van der Waals surface area contributed by atoms with Gasteiger partial charge in [-0.2, -0.15) is 15.0 Å². The lowest BCUT2D eigenvalue weighted by Crippen LogP contribution is -2.45. The van der Waals surface area contributed by atoms with Crippen LogP contribution in [0.2, 0.25) is 0 Å². The standard InChI is InChI=1S/C22H29N9/c1-29-11-13-30(14-12-29)10-8-23-21-26-20(17-5-3-2-4-6-17)27-22(28-21)31-9-7-18-19(15-31)25-16-24-18/h2-6,16H,7-15H2,1H3,(H,24,25)(H,23,26,27,28). The number of likely N-dealkylation sites (N-methyl/N-ethyl adjacent to an activating group) is 1. The van der Waals surface area contributed by atoms with Gasteiger partial charge in [-0.1, -0.05) is 30.3 Å². The largest absolute Gasteiger partial charge is 0.353 e. The number of rotatable bonds is 6. The van der Waals surface area contributed by atoms with Gasteiger partial charge in [-0.3, -0.25) is 4.90 Å². The molecule has 162 valence electrons. The highest BCUT2D eigenvalue weighted by molar-refractivity contribution is 5.58. The molecule has 0 amide bonds. The molecule has 1 aromatic carbocycles. The number of fused-ring (bicyclic) bond motifs is 1. The molecule has 0 atom stereocenters. The minimum atomic E-state index is 0.633. The zero-order chi connectivity index (χ0) is 21.0. The molecular formula is C22H29N9. The number of hydrogen-bond donors (Lipinski definition) is 2. The molecule has 0 radical (unpaired) electrons. The zero-order valence-corrected chi connectivity index (χ0v) is 18.0. The second-order valence-corrected chi connectivity index (χ2v) is 8.22. The maximum Gasteiger partial charge on any atom is 0.231 e. The number of benzene rings is 1. The first-order chi connectivity index (χ1) is 15.2. The van der Waals surface area contributed by atoms with E-state index in [4.69, 9.17) is 15.0 Å². The summed E-state index contributed by atoms with van der Waals surface area (Å²) in [5, 5.41) is 3.44. The van der Waals surface area contributed by atoms with Crippen LogP contribution in [-0.4, -0.2) is 87.6 Å². The predicted molar refractivity (Wildman–Crippen MR) is 121 cm³/mol.